The summed E-state index contributed by atoms with van der Waals surface area (Å²) >= 11 is 0. The summed E-state index contributed by atoms with van der Waals surface area (Å²) in [7, 11) is 0. The fourth-order valence-electron chi connectivity index (χ4n) is 6.01. The fourth-order valence-corrected chi connectivity index (χ4v) is 6.01. The van der Waals surface area contributed by atoms with Gasteiger partial charge in [-0.25, -0.2) is 0 Å². The van der Waals surface area contributed by atoms with Gasteiger partial charge in [-0.3, -0.25) is 33.6 Å². The predicted octanol–water partition coefficient (Wildman–Crippen LogP) is 1.55. The van der Waals surface area contributed by atoms with E-state index in [1.165, 1.54) is 36.4 Å². The summed E-state index contributed by atoms with van der Waals surface area (Å²) in [5.41, 5.74) is 0.491. The summed E-state index contributed by atoms with van der Waals surface area (Å²) in [4.78, 5) is 90.9. The third-order valence-electron chi connectivity index (χ3n) is 8.05. The van der Waals surface area contributed by atoms with Gasteiger partial charge in [0, 0.05) is 33.4 Å². The molecule has 2 aromatic rings. The highest BCUT2D eigenvalue weighted by atomic mass is 16.2. The number of ketones is 7. The maximum Gasteiger partial charge on any atom is 0.193 e. The molecule has 2 fully saturated rings. The van der Waals surface area contributed by atoms with E-state index in [1.807, 2.05) is 0 Å². The first kappa shape index (κ1) is 24.4. The predicted molar refractivity (Wildman–Crippen MR) is 133 cm³/mol. The molecule has 9 heteroatoms. The van der Waals surface area contributed by atoms with Crippen LogP contribution in [0.1, 0.15) is 83.0 Å². The first-order chi connectivity index (χ1) is 18.3. The fraction of sp³-hybridized carbons (Fsp3) is 0.345. The number of carbonyl (C=O) groups is 7. The largest absolute Gasteiger partial charge is 0.307 e. The van der Waals surface area contributed by atoms with Crippen molar-refractivity contribution in [1.82, 2.24) is 10.6 Å². The van der Waals surface area contributed by atoms with Crippen molar-refractivity contribution in [3.8, 4) is 0 Å². The molecular weight excluding hydrogens is 488 g/mol. The molecule has 0 bridgehead atoms. The molecule has 6 rings (SSSR count). The van der Waals surface area contributed by atoms with Gasteiger partial charge in [0.25, 0.3) is 0 Å². The lowest BCUT2D eigenvalue weighted by Gasteiger charge is -2.12. The molecule has 4 aliphatic rings. The van der Waals surface area contributed by atoms with Crippen molar-refractivity contribution in [3.05, 3.63) is 69.8 Å². The lowest BCUT2D eigenvalue weighted by molar-refractivity contribution is -0.122. The maximum atomic E-state index is 13.3. The summed E-state index contributed by atoms with van der Waals surface area (Å²) in [5, 5.41) is 6.04. The highest BCUT2D eigenvalue weighted by molar-refractivity contribution is 6.37. The minimum Gasteiger partial charge on any atom is -0.307 e. The van der Waals surface area contributed by atoms with Crippen molar-refractivity contribution in [2.24, 2.45) is 11.8 Å². The molecule has 192 valence electrons. The van der Waals surface area contributed by atoms with Crippen LogP contribution in [0.5, 0.6) is 0 Å². The lowest BCUT2D eigenvalue weighted by atomic mass is 9.92. The maximum absolute atomic E-state index is 13.3. The van der Waals surface area contributed by atoms with Crippen LogP contribution < -0.4 is 10.6 Å². The molecule has 0 saturated carbocycles. The van der Waals surface area contributed by atoms with Crippen LogP contribution in [0.4, 0.5) is 0 Å². The van der Waals surface area contributed by atoms with Gasteiger partial charge in [-0.15, -0.1) is 0 Å². The molecule has 0 spiro atoms. The van der Waals surface area contributed by atoms with Crippen molar-refractivity contribution in [1.29, 1.82) is 0 Å². The second-order valence-corrected chi connectivity index (χ2v) is 10.3. The monoisotopic (exact) mass is 512 g/mol. The summed E-state index contributed by atoms with van der Waals surface area (Å²) in [6.45, 7) is 1.30. The number of fused-ring (bicyclic) bond motifs is 2. The number of rotatable bonds is 6. The summed E-state index contributed by atoms with van der Waals surface area (Å²) in [6, 6.07) is 7.13. The van der Waals surface area contributed by atoms with Gasteiger partial charge in [-0.05, 0) is 63.0 Å². The molecule has 0 radical (unpaired) electrons. The van der Waals surface area contributed by atoms with Crippen LogP contribution in [-0.2, 0) is 9.59 Å². The smallest absolute Gasteiger partial charge is 0.193 e. The Morgan fingerprint density at radius 2 is 0.974 bits per heavy atom. The number of hydrogen-bond acceptors (Lipinski definition) is 9. The highest BCUT2D eigenvalue weighted by Crippen LogP contribution is 2.33. The molecule has 0 aromatic heterocycles. The van der Waals surface area contributed by atoms with E-state index >= 15 is 0 Å². The average Bonchev–Trinajstić information content (AvgIpc) is 3.72. The van der Waals surface area contributed by atoms with Gasteiger partial charge < -0.3 is 10.6 Å². The third kappa shape index (κ3) is 3.65. The summed E-state index contributed by atoms with van der Waals surface area (Å²) < 4.78 is 0. The van der Waals surface area contributed by atoms with Gasteiger partial charge in [0.05, 0.1) is 12.1 Å². The molecule has 38 heavy (non-hydrogen) atoms. The van der Waals surface area contributed by atoms with Crippen molar-refractivity contribution >= 4 is 40.5 Å². The van der Waals surface area contributed by atoms with E-state index in [1.54, 1.807) is 0 Å². The van der Waals surface area contributed by atoms with E-state index in [9.17, 15) is 33.6 Å². The third-order valence-corrected chi connectivity index (χ3v) is 8.05. The summed E-state index contributed by atoms with van der Waals surface area (Å²) in [5.74, 6) is -6.56. The Kier molecular flexibility index (Phi) is 5.85. The van der Waals surface area contributed by atoms with Crippen molar-refractivity contribution in [3.63, 3.8) is 0 Å². The van der Waals surface area contributed by atoms with Crippen LogP contribution in [0.2, 0.25) is 0 Å². The number of benzene rings is 2. The van der Waals surface area contributed by atoms with Crippen molar-refractivity contribution in [2.75, 3.05) is 13.1 Å². The average molecular weight is 513 g/mol. The van der Waals surface area contributed by atoms with Crippen molar-refractivity contribution in [2.45, 2.75) is 37.8 Å². The van der Waals surface area contributed by atoms with Crippen LogP contribution >= 0.6 is 0 Å². The second kappa shape index (κ2) is 9.11. The van der Waals surface area contributed by atoms with E-state index in [-0.39, 0.29) is 33.4 Å². The minimum absolute atomic E-state index is 0.0272. The van der Waals surface area contributed by atoms with Gasteiger partial charge in [0.15, 0.2) is 40.5 Å². The van der Waals surface area contributed by atoms with Gasteiger partial charge in [-0.2, -0.15) is 0 Å². The molecule has 2 saturated heterocycles. The zero-order valence-electron chi connectivity index (χ0n) is 20.4. The van der Waals surface area contributed by atoms with E-state index < -0.39 is 64.4 Å². The van der Waals surface area contributed by atoms with Gasteiger partial charge in [0.1, 0.15) is 11.8 Å². The highest BCUT2D eigenvalue weighted by Gasteiger charge is 2.47. The molecule has 2 aromatic carbocycles. The number of hydrogen-bond donors (Lipinski definition) is 2. The molecule has 2 heterocycles. The minimum atomic E-state index is -1.40. The lowest BCUT2D eigenvalue weighted by Crippen LogP contribution is -2.39. The Hall–Kier alpha value is -3.95. The van der Waals surface area contributed by atoms with Crippen LogP contribution in [0.15, 0.2) is 36.4 Å². The molecule has 2 aliphatic carbocycles. The van der Waals surface area contributed by atoms with Crippen LogP contribution in [0, 0.1) is 11.8 Å². The van der Waals surface area contributed by atoms with Crippen LogP contribution in [0.25, 0.3) is 0 Å². The van der Waals surface area contributed by atoms with Crippen molar-refractivity contribution < 1.29 is 33.6 Å². The van der Waals surface area contributed by atoms with Gasteiger partial charge in [-0.1, -0.05) is 12.1 Å². The second-order valence-electron chi connectivity index (χ2n) is 10.3. The van der Waals surface area contributed by atoms with Gasteiger partial charge in [0.2, 0.25) is 0 Å². The Bertz CT molecular complexity index is 1370. The number of Topliss-reactive ketones (excluding diaryl/α,β-unsaturated/α-hetero) is 6. The van der Waals surface area contributed by atoms with E-state index in [0.717, 1.165) is 12.8 Å². The standard InChI is InChI=1S/C29H24N2O7/c32-23(13-5-7-15-17(11-13)26(35)21(24(15)33)28(37)19-3-1-9-30-19)14-6-8-16-18(12-14)27(36)22(25(16)34)29(38)20-4-2-10-31-20/h5-8,11-12,19-22,30-31H,1-4,9-10H2/t19-,20-,21?,22?/m0/s1. The molecule has 2 unspecified atom stereocenters. The van der Waals surface area contributed by atoms with E-state index in [0.29, 0.717) is 25.9 Å². The number of carbonyl (C=O) groups excluding carboxylic acids is 7. The topological polar surface area (TPSA) is 144 Å². The molecule has 2 aliphatic heterocycles. The number of nitrogens with one attached hydrogen (secondary N) is 2. The van der Waals surface area contributed by atoms with Crippen LogP contribution in [0.3, 0.4) is 0 Å². The van der Waals surface area contributed by atoms with E-state index in [4.69, 9.17) is 0 Å². The molecule has 2 N–H and O–H groups in total. The quantitative estimate of drug-likeness (QED) is 0.435. The molecule has 4 atom stereocenters. The first-order valence-electron chi connectivity index (χ1n) is 12.8. The SMILES string of the molecule is O=C(c1ccc2c(c1)C(=O)C(C(=O)[C@@H]1CCCN1)C2=O)c1ccc2c(c1)C(=O)C(C(=O)[C@@H]1CCCN1)C2=O. The zero-order chi connectivity index (χ0) is 26.7. The Morgan fingerprint density at radius 1 is 0.579 bits per heavy atom. The molecule has 9 nitrogen and oxygen atoms in total. The van der Waals surface area contributed by atoms with E-state index in [2.05, 4.69) is 10.6 Å². The molecule has 0 amide bonds. The Labute approximate surface area is 217 Å². The van der Waals surface area contributed by atoms with Crippen LogP contribution in [-0.4, -0.2) is 65.7 Å². The molecular formula is C29H24N2O7. The zero-order valence-corrected chi connectivity index (χ0v) is 20.4. The Morgan fingerprint density at radius 3 is 1.34 bits per heavy atom. The Balaban J connectivity index is 1.26. The first-order valence-corrected chi connectivity index (χ1v) is 12.8. The summed E-state index contributed by atoms with van der Waals surface area (Å²) in [6.07, 6.45) is 2.72. The normalized spacial score (nSPS) is 26.1. The van der Waals surface area contributed by atoms with Gasteiger partial charge >= 0.3 is 0 Å².